The van der Waals surface area contributed by atoms with Gasteiger partial charge in [0, 0.05) is 23.3 Å². The van der Waals surface area contributed by atoms with Crippen LogP contribution < -0.4 is 9.47 Å². The highest BCUT2D eigenvalue weighted by Gasteiger charge is 2.13. The molecule has 0 bridgehead atoms. The first-order valence-electron chi connectivity index (χ1n) is 8.38. The summed E-state index contributed by atoms with van der Waals surface area (Å²) in [7, 11) is 3.36. The summed E-state index contributed by atoms with van der Waals surface area (Å²) in [5.41, 5.74) is 4.06. The molecule has 0 radical (unpaired) electrons. The number of hydrogen-bond acceptors (Lipinski definition) is 4. The summed E-state index contributed by atoms with van der Waals surface area (Å²) in [6.07, 6.45) is 5.09. The van der Waals surface area contributed by atoms with E-state index in [1.807, 2.05) is 37.4 Å². The Morgan fingerprint density at radius 1 is 1.00 bits per heavy atom. The van der Waals surface area contributed by atoms with E-state index < -0.39 is 0 Å². The summed E-state index contributed by atoms with van der Waals surface area (Å²) in [5, 5.41) is 12.1. The van der Waals surface area contributed by atoms with Crippen LogP contribution in [0.3, 0.4) is 0 Å². The molecule has 25 heavy (non-hydrogen) atoms. The Hall–Kier alpha value is -2.75. The highest BCUT2D eigenvalue weighted by atomic mass is 16.5. The summed E-state index contributed by atoms with van der Waals surface area (Å²) in [6, 6.07) is 8.07. The van der Waals surface area contributed by atoms with E-state index in [0.29, 0.717) is 12.2 Å². The zero-order valence-electron chi connectivity index (χ0n) is 15.1. The molecule has 1 N–H and O–H groups in total. The number of hydrogen-bond donors (Lipinski definition) is 1. The third-order valence-electron chi connectivity index (χ3n) is 4.61. The van der Waals surface area contributed by atoms with Gasteiger partial charge in [0.2, 0.25) is 0 Å². The number of aromatic hydroxyl groups is 1. The number of nitrogens with zero attached hydrogens (tertiary/aromatic N) is 1. The first kappa shape index (κ1) is 17.1. The van der Waals surface area contributed by atoms with Crippen molar-refractivity contribution in [1.82, 2.24) is 4.98 Å². The van der Waals surface area contributed by atoms with Crippen molar-refractivity contribution < 1.29 is 14.6 Å². The molecule has 0 amide bonds. The molecule has 0 saturated heterocycles. The minimum atomic E-state index is 0.295. The van der Waals surface area contributed by atoms with Gasteiger partial charge in [-0.25, -0.2) is 0 Å². The van der Waals surface area contributed by atoms with Crippen LogP contribution >= 0.6 is 0 Å². The van der Waals surface area contributed by atoms with Crippen LogP contribution in [-0.4, -0.2) is 24.3 Å². The van der Waals surface area contributed by atoms with Crippen molar-refractivity contribution in [3.05, 3.63) is 58.9 Å². The van der Waals surface area contributed by atoms with Crippen LogP contribution in [0.25, 0.3) is 10.8 Å². The lowest BCUT2D eigenvalue weighted by Gasteiger charge is -2.15. The van der Waals surface area contributed by atoms with Gasteiger partial charge < -0.3 is 14.6 Å². The maximum absolute atomic E-state index is 10.3. The van der Waals surface area contributed by atoms with Crippen LogP contribution in [-0.2, 0) is 12.8 Å². The van der Waals surface area contributed by atoms with E-state index in [0.717, 1.165) is 50.9 Å². The smallest absolute Gasteiger partial charge is 0.127 e. The number of aromatic nitrogens is 1. The maximum atomic E-state index is 10.3. The van der Waals surface area contributed by atoms with Gasteiger partial charge in [-0.3, -0.25) is 4.98 Å². The Labute approximate surface area is 148 Å². The molecule has 0 saturated carbocycles. The van der Waals surface area contributed by atoms with E-state index in [9.17, 15) is 5.11 Å². The van der Waals surface area contributed by atoms with Gasteiger partial charge >= 0.3 is 0 Å². The van der Waals surface area contributed by atoms with Gasteiger partial charge in [0.05, 0.1) is 14.2 Å². The molecule has 3 rings (SSSR count). The molecule has 0 aliphatic heterocycles. The molecule has 0 fully saturated rings. The fraction of sp³-hybridized carbons (Fsp3) is 0.286. The average molecular weight is 337 g/mol. The van der Waals surface area contributed by atoms with Gasteiger partial charge in [-0.2, -0.15) is 0 Å². The van der Waals surface area contributed by atoms with Crippen molar-refractivity contribution in [3.8, 4) is 17.2 Å². The van der Waals surface area contributed by atoms with Crippen LogP contribution in [0.5, 0.6) is 17.2 Å². The standard InChI is InChI=1S/C21H23NO3/c1-5-16-19(24-3)9-14(10-20(16)25-4)8-15-11-22-12-18-17(15)7-6-13(2)21(18)23/h6-7,9-12,23H,5,8H2,1-4H3. The Balaban J connectivity index is 2.09. The third kappa shape index (κ3) is 3.12. The molecule has 2 aromatic carbocycles. The van der Waals surface area contributed by atoms with Crippen molar-refractivity contribution >= 4 is 10.8 Å². The number of phenolic OH excluding ortho intramolecular Hbond substituents is 1. The molecular formula is C21H23NO3. The molecule has 4 heteroatoms. The van der Waals surface area contributed by atoms with Gasteiger partial charge in [0.1, 0.15) is 17.2 Å². The van der Waals surface area contributed by atoms with Gasteiger partial charge in [0.25, 0.3) is 0 Å². The minimum Gasteiger partial charge on any atom is -0.507 e. The SMILES string of the molecule is CCc1c(OC)cc(Cc2cncc3c(O)c(C)ccc23)cc1OC. The van der Waals surface area contributed by atoms with Crippen LogP contribution in [0.15, 0.2) is 36.7 Å². The normalized spacial score (nSPS) is 10.9. The number of aryl methyl sites for hydroxylation is 1. The van der Waals surface area contributed by atoms with E-state index >= 15 is 0 Å². The predicted molar refractivity (Wildman–Crippen MR) is 99.9 cm³/mol. The quantitative estimate of drug-likeness (QED) is 0.749. The Bertz CT molecular complexity index is 893. The molecule has 3 aromatic rings. The topological polar surface area (TPSA) is 51.6 Å². The number of fused-ring (bicyclic) bond motifs is 1. The lowest BCUT2D eigenvalue weighted by molar-refractivity contribution is 0.385. The molecular weight excluding hydrogens is 314 g/mol. The number of rotatable bonds is 5. The molecule has 0 unspecified atom stereocenters. The molecule has 0 spiro atoms. The second-order valence-electron chi connectivity index (χ2n) is 6.13. The Morgan fingerprint density at radius 3 is 2.28 bits per heavy atom. The molecule has 0 aliphatic carbocycles. The lowest BCUT2D eigenvalue weighted by atomic mass is 9.97. The van der Waals surface area contributed by atoms with Crippen LogP contribution in [0.4, 0.5) is 0 Å². The van der Waals surface area contributed by atoms with E-state index in [4.69, 9.17) is 9.47 Å². The van der Waals surface area contributed by atoms with Crippen molar-refractivity contribution in [2.24, 2.45) is 0 Å². The summed E-state index contributed by atoms with van der Waals surface area (Å²) in [6.45, 7) is 3.97. The molecule has 1 aromatic heterocycles. The van der Waals surface area contributed by atoms with Crippen LogP contribution in [0.2, 0.25) is 0 Å². The summed E-state index contributed by atoms with van der Waals surface area (Å²) in [4.78, 5) is 4.31. The lowest BCUT2D eigenvalue weighted by Crippen LogP contribution is -1.99. The summed E-state index contributed by atoms with van der Waals surface area (Å²) < 4.78 is 11.1. The van der Waals surface area contributed by atoms with Gasteiger partial charge in [-0.1, -0.05) is 19.1 Å². The molecule has 4 nitrogen and oxygen atoms in total. The summed E-state index contributed by atoms with van der Waals surface area (Å²) in [5.74, 6) is 1.97. The fourth-order valence-corrected chi connectivity index (χ4v) is 3.25. The second kappa shape index (κ2) is 7.01. The third-order valence-corrected chi connectivity index (χ3v) is 4.61. The van der Waals surface area contributed by atoms with Crippen LogP contribution in [0.1, 0.15) is 29.2 Å². The highest BCUT2D eigenvalue weighted by molar-refractivity contribution is 5.91. The monoisotopic (exact) mass is 337 g/mol. The largest absolute Gasteiger partial charge is 0.507 e. The Morgan fingerprint density at radius 2 is 1.68 bits per heavy atom. The minimum absolute atomic E-state index is 0.295. The van der Waals surface area contributed by atoms with Crippen molar-refractivity contribution in [3.63, 3.8) is 0 Å². The van der Waals surface area contributed by atoms with E-state index in [1.54, 1.807) is 20.4 Å². The fourth-order valence-electron chi connectivity index (χ4n) is 3.25. The van der Waals surface area contributed by atoms with Gasteiger partial charge in [0.15, 0.2) is 0 Å². The Kier molecular flexibility index (Phi) is 4.79. The average Bonchev–Trinajstić information content (AvgIpc) is 2.64. The van der Waals surface area contributed by atoms with Gasteiger partial charge in [-0.15, -0.1) is 0 Å². The van der Waals surface area contributed by atoms with Gasteiger partial charge in [-0.05, 0) is 54.0 Å². The van der Waals surface area contributed by atoms with Crippen molar-refractivity contribution in [2.45, 2.75) is 26.7 Å². The van der Waals surface area contributed by atoms with E-state index in [1.165, 1.54) is 0 Å². The molecule has 0 aliphatic rings. The number of pyridine rings is 1. The zero-order chi connectivity index (χ0) is 18.0. The first-order chi connectivity index (χ1) is 12.1. The molecule has 0 atom stereocenters. The number of benzene rings is 2. The van der Waals surface area contributed by atoms with E-state index in [2.05, 4.69) is 11.9 Å². The summed E-state index contributed by atoms with van der Waals surface area (Å²) >= 11 is 0. The zero-order valence-corrected chi connectivity index (χ0v) is 15.1. The first-order valence-corrected chi connectivity index (χ1v) is 8.38. The predicted octanol–water partition coefficient (Wildman–Crippen LogP) is 4.42. The van der Waals surface area contributed by atoms with Crippen molar-refractivity contribution in [1.29, 1.82) is 0 Å². The van der Waals surface area contributed by atoms with Crippen molar-refractivity contribution in [2.75, 3.05) is 14.2 Å². The van der Waals surface area contributed by atoms with Crippen LogP contribution in [0, 0.1) is 6.92 Å². The highest BCUT2D eigenvalue weighted by Crippen LogP contribution is 2.34. The molecule has 130 valence electrons. The number of methoxy groups -OCH3 is 2. The number of phenols is 1. The second-order valence-corrected chi connectivity index (χ2v) is 6.13. The number of ether oxygens (including phenoxy) is 2. The van der Waals surface area contributed by atoms with E-state index in [-0.39, 0.29) is 0 Å². The molecule has 1 heterocycles. The maximum Gasteiger partial charge on any atom is 0.127 e.